The van der Waals surface area contributed by atoms with Gasteiger partial charge in [-0.3, -0.25) is 19.8 Å². The second-order valence-corrected chi connectivity index (χ2v) is 7.93. The second-order valence-electron chi connectivity index (χ2n) is 7.93. The highest BCUT2D eigenvalue weighted by Gasteiger charge is 2.08. The van der Waals surface area contributed by atoms with Crippen LogP contribution in [0.25, 0.3) is 22.8 Å². The highest BCUT2D eigenvalue weighted by molar-refractivity contribution is 5.54. The van der Waals surface area contributed by atoms with E-state index in [2.05, 4.69) is 46.0 Å². The molecule has 4 rings (SSSR count). The van der Waals surface area contributed by atoms with Gasteiger partial charge in [0.05, 0.1) is 34.2 Å². The van der Waals surface area contributed by atoms with Crippen LogP contribution < -0.4 is 0 Å². The summed E-state index contributed by atoms with van der Waals surface area (Å²) in [4.78, 5) is 22.9. The van der Waals surface area contributed by atoms with Crippen molar-refractivity contribution < 1.29 is 0 Å². The van der Waals surface area contributed by atoms with Crippen molar-refractivity contribution in [3.63, 3.8) is 0 Å². The van der Waals surface area contributed by atoms with Crippen molar-refractivity contribution in [3.05, 3.63) is 96.6 Å². The van der Waals surface area contributed by atoms with Crippen molar-refractivity contribution in [2.24, 2.45) is 0 Å². The first-order valence-electron chi connectivity index (χ1n) is 10.8. The number of hydrogen-bond donors (Lipinski definition) is 0. The van der Waals surface area contributed by atoms with Gasteiger partial charge in [0.15, 0.2) is 0 Å². The zero-order valence-corrected chi connectivity index (χ0v) is 18.6. The van der Waals surface area contributed by atoms with Crippen LogP contribution in [0.2, 0.25) is 0 Å². The Labute approximate surface area is 189 Å². The lowest BCUT2D eigenvalue weighted by molar-refractivity contribution is 0.244. The normalized spacial score (nSPS) is 11.2. The summed E-state index contributed by atoms with van der Waals surface area (Å²) < 4.78 is 0. The van der Waals surface area contributed by atoms with E-state index in [0.717, 1.165) is 60.3 Å². The fourth-order valence-corrected chi connectivity index (χ4v) is 3.50. The SMILES string of the molecule is CN(CCN(C)Cc1cccc(-c2ccccn2)n1)Cc1cccc(-c2ccccn2)n1. The molecule has 0 saturated heterocycles. The van der Waals surface area contributed by atoms with Gasteiger partial charge in [0.2, 0.25) is 0 Å². The molecule has 0 atom stereocenters. The molecule has 0 radical (unpaired) electrons. The van der Waals surface area contributed by atoms with Crippen molar-refractivity contribution in [3.8, 4) is 22.8 Å². The molecule has 162 valence electrons. The molecule has 0 aliphatic rings. The molecule has 6 nitrogen and oxygen atoms in total. The van der Waals surface area contributed by atoms with Gasteiger partial charge in [-0.15, -0.1) is 0 Å². The number of likely N-dealkylation sites (N-methyl/N-ethyl adjacent to an activating group) is 2. The van der Waals surface area contributed by atoms with E-state index >= 15 is 0 Å². The van der Waals surface area contributed by atoms with Gasteiger partial charge in [0, 0.05) is 38.6 Å². The third kappa shape index (κ3) is 6.03. The van der Waals surface area contributed by atoms with Crippen LogP contribution in [-0.2, 0) is 13.1 Å². The summed E-state index contributed by atoms with van der Waals surface area (Å²) in [5.74, 6) is 0. The average Bonchev–Trinajstić information content (AvgIpc) is 2.84. The molecular weight excluding hydrogens is 396 g/mol. The lowest BCUT2D eigenvalue weighted by Gasteiger charge is -2.22. The third-order valence-corrected chi connectivity index (χ3v) is 5.20. The Bertz CT molecular complexity index is 1030. The Morgan fingerprint density at radius 2 is 0.969 bits per heavy atom. The van der Waals surface area contributed by atoms with Gasteiger partial charge < -0.3 is 0 Å². The van der Waals surface area contributed by atoms with Gasteiger partial charge in [-0.25, -0.2) is 9.97 Å². The highest BCUT2D eigenvalue weighted by atomic mass is 15.2. The Balaban J connectivity index is 1.30. The van der Waals surface area contributed by atoms with E-state index in [4.69, 9.17) is 9.97 Å². The van der Waals surface area contributed by atoms with E-state index in [1.807, 2.05) is 60.7 Å². The molecule has 0 spiro atoms. The average molecular weight is 425 g/mol. The summed E-state index contributed by atoms with van der Waals surface area (Å²) in [7, 11) is 4.26. The fourth-order valence-electron chi connectivity index (χ4n) is 3.50. The quantitative estimate of drug-likeness (QED) is 0.402. The largest absolute Gasteiger partial charge is 0.299 e. The minimum atomic E-state index is 0.794. The predicted molar refractivity (Wildman–Crippen MR) is 128 cm³/mol. The van der Waals surface area contributed by atoms with Crippen LogP contribution in [0.5, 0.6) is 0 Å². The lowest BCUT2D eigenvalue weighted by Crippen LogP contribution is -2.30. The Morgan fingerprint density at radius 1 is 0.531 bits per heavy atom. The maximum absolute atomic E-state index is 4.78. The van der Waals surface area contributed by atoms with E-state index in [9.17, 15) is 0 Å². The van der Waals surface area contributed by atoms with Gasteiger partial charge in [-0.2, -0.15) is 0 Å². The molecule has 6 heteroatoms. The topological polar surface area (TPSA) is 58.0 Å². The number of rotatable bonds is 9. The number of nitrogens with zero attached hydrogens (tertiary/aromatic N) is 6. The molecule has 0 unspecified atom stereocenters. The van der Waals surface area contributed by atoms with Gasteiger partial charge in [0.1, 0.15) is 0 Å². The molecule has 32 heavy (non-hydrogen) atoms. The monoisotopic (exact) mass is 424 g/mol. The second kappa shape index (κ2) is 10.7. The summed E-state index contributed by atoms with van der Waals surface area (Å²) in [6.07, 6.45) is 3.60. The van der Waals surface area contributed by atoms with Gasteiger partial charge in [-0.05, 0) is 62.6 Å². The van der Waals surface area contributed by atoms with E-state index in [1.54, 1.807) is 12.4 Å². The number of hydrogen-bond acceptors (Lipinski definition) is 6. The van der Waals surface area contributed by atoms with Crippen LogP contribution >= 0.6 is 0 Å². The maximum Gasteiger partial charge on any atom is 0.0890 e. The van der Waals surface area contributed by atoms with Gasteiger partial charge >= 0.3 is 0 Å². The number of aromatic nitrogens is 4. The molecule has 0 aromatic carbocycles. The van der Waals surface area contributed by atoms with Crippen LogP contribution in [0.1, 0.15) is 11.4 Å². The van der Waals surface area contributed by atoms with Crippen molar-refractivity contribution in [2.45, 2.75) is 13.1 Å². The smallest absolute Gasteiger partial charge is 0.0890 e. The molecule has 0 bridgehead atoms. The summed E-state index contributed by atoms with van der Waals surface area (Å²) in [5, 5.41) is 0. The zero-order chi connectivity index (χ0) is 22.2. The zero-order valence-electron chi connectivity index (χ0n) is 18.6. The van der Waals surface area contributed by atoms with Crippen molar-refractivity contribution in [1.29, 1.82) is 0 Å². The predicted octanol–water partition coefficient (Wildman–Crippen LogP) is 4.16. The molecule has 4 aromatic rings. The van der Waals surface area contributed by atoms with Crippen LogP contribution in [0.15, 0.2) is 85.2 Å². The molecule has 4 heterocycles. The molecule has 4 aromatic heterocycles. The van der Waals surface area contributed by atoms with Crippen molar-refractivity contribution >= 4 is 0 Å². The molecule has 0 aliphatic heterocycles. The number of pyridine rings is 4. The van der Waals surface area contributed by atoms with Gasteiger partial charge in [-0.1, -0.05) is 24.3 Å². The van der Waals surface area contributed by atoms with E-state index in [-0.39, 0.29) is 0 Å². The Hall–Kier alpha value is -3.48. The molecule has 0 saturated carbocycles. The standard InChI is InChI=1S/C26H28N6/c1-31(19-21-9-7-13-25(29-21)23-11-3-5-15-27-23)17-18-32(2)20-22-10-8-14-26(30-22)24-12-4-6-16-28-24/h3-16H,17-20H2,1-2H3. The van der Waals surface area contributed by atoms with E-state index in [1.165, 1.54) is 0 Å². The van der Waals surface area contributed by atoms with Crippen LogP contribution in [0, 0.1) is 0 Å². The lowest BCUT2D eigenvalue weighted by atomic mass is 10.2. The molecule has 0 aliphatic carbocycles. The van der Waals surface area contributed by atoms with E-state index < -0.39 is 0 Å². The summed E-state index contributed by atoms with van der Waals surface area (Å²) in [6, 6.07) is 24.0. The molecular formula is C26H28N6. The Morgan fingerprint density at radius 3 is 1.38 bits per heavy atom. The first-order chi connectivity index (χ1) is 15.7. The van der Waals surface area contributed by atoms with Crippen molar-refractivity contribution in [1.82, 2.24) is 29.7 Å². The summed E-state index contributed by atoms with van der Waals surface area (Å²) in [5.41, 5.74) is 5.71. The van der Waals surface area contributed by atoms with Crippen LogP contribution in [-0.4, -0.2) is 56.9 Å². The maximum atomic E-state index is 4.78. The summed E-state index contributed by atoms with van der Waals surface area (Å²) >= 11 is 0. The van der Waals surface area contributed by atoms with Gasteiger partial charge in [0.25, 0.3) is 0 Å². The minimum absolute atomic E-state index is 0.794. The highest BCUT2D eigenvalue weighted by Crippen LogP contribution is 2.15. The first kappa shape index (κ1) is 21.7. The van der Waals surface area contributed by atoms with Crippen LogP contribution in [0.4, 0.5) is 0 Å². The minimum Gasteiger partial charge on any atom is -0.299 e. The van der Waals surface area contributed by atoms with Crippen LogP contribution in [0.3, 0.4) is 0 Å². The first-order valence-corrected chi connectivity index (χ1v) is 10.8. The fraction of sp³-hybridized carbons (Fsp3) is 0.231. The Kier molecular flexibility index (Phi) is 7.27. The van der Waals surface area contributed by atoms with E-state index in [0.29, 0.717) is 0 Å². The summed E-state index contributed by atoms with van der Waals surface area (Å²) in [6.45, 7) is 3.46. The molecule has 0 N–H and O–H groups in total. The molecule has 0 amide bonds. The third-order valence-electron chi connectivity index (χ3n) is 5.20. The molecule has 0 fully saturated rings. The van der Waals surface area contributed by atoms with Crippen molar-refractivity contribution in [2.75, 3.05) is 27.2 Å².